The van der Waals surface area contributed by atoms with Crippen LogP contribution >= 0.6 is 0 Å². The predicted molar refractivity (Wildman–Crippen MR) is 163 cm³/mol. The van der Waals surface area contributed by atoms with Crippen molar-refractivity contribution in [3.63, 3.8) is 0 Å². The molecule has 0 bridgehead atoms. The number of esters is 2. The Morgan fingerprint density at radius 3 is 0.941 bits per heavy atom. The molecule has 2 atom stereocenters. The molecular weight excluding hydrogens is 680 g/mol. The molecule has 17 heteroatoms. The zero-order chi connectivity index (χ0) is 38.1. The normalized spacial score (nSPS) is 21.2. The molecule has 0 spiro atoms. The number of ketones is 2. The maximum absolute atomic E-state index is 14.0. The van der Waals surface area contributed by atoms with Crippen molar-refractivity contribution in [1.82, 2.24) is 0 Å². The summed E-state index contributed by atoms with van der Waals surface area (Å²) in [5, 5.41) is 61.1. The number of hydrogen-bond donors (Lipinski definition) is 6. The van der Waals surface area contributed by atoms with Gasteiger partial charge in [0.05, 0.1) is 0 Å². The number of carbonyl (C=O) groups excluding carboxylic acids is 4. The molecule has 0 aromatic heterocycles. The van der Waals surface area contributed by atoms with Crippen LogP contribution in [0.2, 0.25) is 0 Å². The molecule has 2 aromatic rings. The molecule has 2 aliphatic carbocycles. The summed E-state index contributed by atoms with van der Waals surface area (Å²) in [7, 11) is 0. The number of Topliss-reactive ketones (excluding diaryl/α,β-unsaturated/α-hetero) is 2. The van der Waals surface area contributed by atoms with E-state index < -0.39 is 92.1 Å². The molecule has 0 radical (unpaired) electrons. The van der Waals surface area contributed by atoms with E-state index in [0.29, 0.717) is 12.2 Å². The average Bonchev–Trinajstić information content (AvgIpc) is 3.10. The summed E-state index contributed by atoms with van der Waals surface area (Å²) in [5.41, 5.74) is -18.1. The molecule has 0 heterocycles. The number of benzene rings is 2. The van der Waals surface area contributed by atoms with Crippen molar-refractivity contribution in [3.8, 4) is 0 Å². The van der Waals surface area contributed by atoms with Crippen LogP contribution in [0.15, 0.2) is 108 Å². The lowest BCUT2D eigenvalue weighted by Crippen LogP contribution is -2.64. The largest absolute Gasteiger partial charge is 0.480 e. The Hall–Kier alpha value is -7.30. The highest BCUT2D eigenvalue weighted by atomic mass is 16.6. The van der Waals surface area contributed by atoms with E-state index in [0.717, 1.165) is 0 Å². The summed E-state index contributed by atoms with van der Waals surface area (Å²) in [6, 6.07) is 13.3. The molecule has 0 amide bonds. The lowest BCUT2D eigenvalue weighted by Gasteiger charge is -2.40. The number of rotatable bonds is 12. The van der Waals surface area contributed by atoms with E-state index in [2.05, 4.69) is 4.74 Å². The van der Waals surface area contributed by atoms with Crippen molar-refractivity contribution in [2.75, 3.05) is 0 Å². The van der Waals surface area contributed by atoms with Crippen LogP contribution in [0.4, 0.5) is 0 Å². The highest BCUT2D eigenvalue weighted by Crippen LogP contribution is 2.52. The number of hydrogen-bond acceptors (Lipinski definition) is 11. The molecule has 17 nitrogen and oxygen atoms in total. The first-order valence-electron chi connectivity index (χ1n) is 14.1. The van der Waals surface area contributed by atoms with Crippen LogP contribution in [0.5, 0.6) is 0 Å². The third-order valence-electron chi connectivity index (χ3n) is 8.46. The van der Waals surface area contributed by atoms with Crippen LogP contribution in [0.1, 0.15) is 20.7 Å². The van der Waals surface area contributed by atoms with Crippen LogP contribution in [0.3, 0.4) is 0 Å². The van der Waals surface area contributed by atoms with Gasteiger partial charge in [0.25, 0.3) is 0 Å². The highest BCUT2D eigenvalue weighted by molar-refractivity contribution is 6.24. The maximum atomic E-state index is 14.0. The third kappa shape index (κ3) is 5.19. The first kappa shape index (κ1) is 36.5. The minimum absolute atomic E-state index is 0.0541. The smallest absolute Gasteiger partial charge is 0.337 e. The highest BCUT2D eigenvalue weighted by Gasteiger charge is 2.75. The number of aliphatic carboxylic acids is 6. The molecular formula is C34H22O17. The van der Waals surface area contributed by atoms with Gasteiger partial charge in [-0.25, -0.2) is 9.59 Å². The van der Waals surface area contributed by atoms with Crippen LogP contribution in [-0.2, 0) is 43.1 Å². The quantitative estimate of drug-likeness (QED) is 0.103. The van der Waals surface area contributed by atoms with Crippen molar-refractivity contribution >= 4 is 59.3 Å². The summed E-state index contributed by atoms with van der Waals surface area (Å²) in [4.78, 5) is 131. The Bertz CT molecular complexity index is 1890. The van der Waals surface area contributed by atoms with Gasteiger partial charge in [-0.1, -0.05) is 85.0 Å². The van der Waals surface area contributed by atoms with Gasteiger partial charge in [-0.2, -0.15) is 0 Å². The van der Waals surface area contributed by atoms with E-state index in [1.807, 2.05) is 0 Å². The third-order valence-corrected chi connectivity index (χ3v) is 8.46. The molecule has 4 rings (SSSR count). The van der Waals surface area contributed by atoms with E-state index in [-0.39, 0.29) is 35.4 Å². The van der Waals surface area contributed by atoms with Gasteiger partial charge >= 0.3 is 47.8 Å². The molecule has 2 unspecified atom stereocenters. The first-order chi connectivity index (χ1) is 23.9. The van der Waals surface area contributed by atoms with Gasteiger partial charge in [0.2, 0.25) is 21.7 Å². The molecule has 2 aliphatic rings. The molecule has 260 valence electrons. The van der Waals surface area contributed by atoms with E-state index in [1.165, 1.54) is 60.7 Å². The second-order valence-electron chi connectivity index (χ2n) is 11.0. The predicted octanol–water partition coefficient (Wildman–Crippen LogP) is 1.27. The van der Waals surface area contributed by atoms with Crippen molar-refractivity contribution in [2.45, 2.75) is 0 Å². The van der Waals surface area contributed by atoms with E-state index >= 15 is 0 Å². The second kappa shape index (κ2) is 13.0. The van der Waals surface area contributed by atoms with Gasteiger partial charge in [0, 0.05) is 22.3 Å². The number of ether oxygens (including phenoxy) is 1. The monoisotopic (exact) mass is 702 g/mol. The zero-order valence-corrected chi connectivity index (χ0v) is 25.4. The fraction of sp³-hybridized carbons (Fsp3) is 0.118. The van der Waals surface area contributed by atoms with Crippen LogP contribution in [-0.4, -0.2) is 90.0 Å². The standard InChI is InChI=1S/C34H22O17/c35-21(17-7-3-1-4-8-17)19-11-13-31(23(37)38,24(39)40)33(15-19,27(45)46)29(49)51-30(50)34(28(47)48)16-20(22(36)18-9-5-2-6-10-18)12-14-32(34,25(41)42)26(43)44/h1-16H,(H,37,38)(H,39,40)(H,41,42)(H,43,44)(H,45,46)(H,47,48). The number of carboxylic acid groups (broad SMARTS) is 6. The Labute approximate surface area is 283 Å². The minimum Gasteiger partial charge on any atom is -0.480 e. The van der Waals surface area contributed by atoms with E-state index in [9.17, 15) is 78.6 Å². The summed E-state index contributed by atoms with van der Waals surface area (Å²) in [6.45, 7) is 0. The van der Waals surface area contributed by atoms with Crippen molar-refractivity contribution < 1.29 is 83.3 Å². The lowest BCUT2D eigenvalue weighted by molar-refractivity contribution is -0.197. The average molecular weight is 703 g/mol. The number of carbonyl (C=O) groups is 10. The van der Waals surface area contributed by atoms with Gasteiger partial charge in [0.15, 0.2) is 11.6 Å². The van der Waals surface area contributed by atoms with Crippen molar-refractivity contribution in [1.29, 1.82) is 0 Å². The summed E-state index contributed by atoms with van der Waals surface area (Å²) >= 11 is 0. The Kier molecular flexibility index (Phi) is 9.28. The summed E-state index contributed by atoms with van der Waals surface area (Å²) in [5.74, 6) is -23.1. The van der Waals surface area contributed by atoms with E-state index in [4.69, 9.17) is 0 Å². The Morgan fingerprint density at radius 1 is 0.412 bits per heavy atom. The Morgan fingerprint density at radius 2 is 0.686 bits per heavy atom. The molecule has 0 fully saturated rings. The maximum Gasteiger partial charge on any atom is 0.337 e. The topological polar surface area (TPSA) is 301 Å². The Balaban J connectivity index is 2.01. The molecule has 6 N–H and O–H groups in total. The number of allylic oxidation sites excluding steroid dienone is 4. The molecule has 0 aliphatic heterocycles. The number of carboxylic acids is 6. The fourth-order valence-corrected chi connectivity index (χ4v) is 5.74. The van der Waals surface area contributed by atoms with Gasteiger partial charge in [0.1, 0.15) is 0 Å². The van der Waals surface area contributed by atoms with Crippen molar-refractivity contribution in [3.05, 3.63) is 119 Å². The summed E-state index contributed by atoms with van der Waals surface area (Å²) in [6.07, 6.45) is 1.53. The minimum atomic E-state index is -4.14. The zero-order valence-electron chi connectivity index (χ0n) is 25.4. The first-order valence-corrected chi connectivity index (χ1v) is 14.1. The molecule has 2 aromatic carbocycles. The SMILES string of the molecule is O=C(C1=CC(C(=O)O)(C(=O)OC(=O)C2(C(=O)O)C=C(C(=O)c3ccccc3)C=CC2(C(=O)O)C(=O)O)C(C(=O)O)(C(=O)O)C=C1)c1ccccc1. The van der Waals surface area contributed by atoms with Gasteiger partial charge in [-0.3, -0.25) is 38.4 Å². The van der Waals surface area contributed by atoms with Gasteiger partial charge in [-0.05, 0) is 12.2 Å². The van der Waals surface area contributed by atoms with Crippen molar-refractivity contribution in [2.24, 2.45) is 21.7 Å². The van der Waals surface area contributed by atoms with Gasteiger partial charge in [-0.15, -0.1) is 0 Å². The van der Waals surface area contributed by atoms with Crippen LogP contribution in [0.25, 0.3) is 0 Å². The molecule has 0 saturated carbocycles. The van der Waals surface area contributed by atoms with E-state index in [1.54, 1.807) is 0 Å². The lowest BCUT2D eigenvalue weighted by atomic mass is 9.58. The molecule has 51 heavy (non-hydrogen) atoms. The van der Waals surface area contributed by atoms with Crippen LogP contribution < -0.4 is 0 Å². The second-order valence-corrected chi connectivity index (χ2v) is 11.0. The fourth-order valence-electron chi connectivity index (χ4n) is 5.74. The molecule has 0 saturated heterocycles. The van der Waals surface area contributed by atoms with Gasteiger partial charge < -0.3 is 35.4 Å². The summed E-state index contributed by atoms with van der Waals surface area (Å²) < 4.78 is 4.57. The van der Waals surface area contributed by atoms with Crippen LogP contribution in [0, 0.1) is 21.7 Å².